The minimum atomic E-state index is -3.78. The van der Waals surface area contributed by atoms with Crippen molar-refractivity contribution in [2.45, 2.75) is 14.9 Å². The maximum absolute atomic E-state index is 12.2. The van der Waals surface area contributed by atoms with Crippen LogP contribution < -0.4 is 4.72 Å². The van der Waals surface area contributed by atoms with Gasteiger partial charge in [-0.3, -0.25) is 4.72 Å². The molecule has 0 spiro atoms. The average Bonchev–Trinajstić information content (AvgIpc) is 2.90. The number of halogens is 2. The maximum Gasteiger partial charge on any atom is 0.288 e. The number of thioether (sulfide) groups is 1. The van der Waals surface area contributed by atoms with Gasteiger partial charge in [-0.15, -0.1) is 11.3 Å². The van der Waals surface area contributed by atoms with E-state index in [0.29, 0.717) is 21.5 Å². The van der Waals surface area contributed by atoms with Gasteiger partial charge in [-0.25, -0.2) is 8.42 Å². The van der Waals surface area contributed by atoms with Gasteiger partial charge in [0.25, 0.3) is 15.8 Å². The first kappa shape index (κ1) is 15.8. The number of thiophene rings is 1. The number of nitrogens with one attached hydrogen (secondary N) is 1. The van der Waals surface area contributed by atoms with Gasteiger partial charge in [0.2, 0.25) is 0 Å². The van der Waals surface area contributed by atoms with Crippen molar-refractivity contribution in [3.63, 3.8) is 0 Å². The lowest BCUT2D eigenvalue weighted by molar-refractivity contribution is 0.252. The third kappa shape index (κ3) is 4.17. The fourth-order valence-electron chi connectivity index (χ4n) is 1.43. The fourth-order valence-corrected chi connectivity index (χ4v) is 4.10. The van der Waals surface area contributed by atoms with Gasteiger partial charge in [0.1, 0.15) is 15.2 Å². The van der Waals surface area contributed by atoms with Crippen LogP contribution in [0.5, 0.6) is 0 Å². The second kappa shape index (κ2) is 6.43. The monoisotopic (exact) mass is 346 g/mol. The Bertz CT molecular complexity index is 765. The van der Waals surface area contributed by atoms with Gasteiger partial charge in [0.05, 0.1) is 0 Å². The normalized spacial score (nSPS) is 11.3. The lowest BCUT2D eigenvalue weighted by Crippen LogP contribution is -2.11. The molecular formula is C12H8F2N2O2S3. The van der Waals surface area contributed by atoms with Crippen molar-refractivity contribution in [3.05, 3.63) is 41.3 Å². The van der Waals surface area contributed by atoms with E-state index in [4.69, 9.17) is 5.26 Å². The van der Waals surface area contributed by atoms with Crippen LogP contribution in [0.3, 0.4) is 0 Å². The zero-order valence-corrected chi connectivity index (χ0v) is 12.7. The van der Waals surface area contributed by atoms with E-state index < -0.39 is 15.8 Å². The lowest BCUT2D eigenvalue weighted by atomic mass is 10.3. The van der Waals surface area contributed by atoms with Crippen molar-refractivity contribution in [2.24, 2.45) is 0 Å². The summed E-state index contributed by atoms with van der Waals surface area (Å²) in [4.78, 5) is 0.634. The van der Waals surface area contributed by atoms with Gasteiger partial charge in [-0.1, -0.05) is 11.8 Å². The second-order valence-corrected chi connectivity index (χ2v) is 7.80. The summed E-state index contributed by atoms with van der Waals surface area (Å²) in [6.45, 7) is 0. The molecule has 1 aromatic carbocycles. The first-order chi connectivity index (χ1) is 9.90. The van der Waals surface area contributed by atoms with Gasteiger partial charge in [-0.2, -0.15) is 14.0 Å². The predicted molar refractivity (Wildman–Crippen MR) is 78.1 cm³/mol. The summed E-state index contributed by atoms with van der Waals surface area (Å²) < 4.78 is 50.8. The first-order valence-electron chi connectivity index (χ1n) is 5.48. The van der Waals surface area contributed by atoms with E-state index in [-0.39, 0.29) is 9.90 Å². The Morgan fingerprint density at radius 3 is 2.38 bits per heavy atom. The quantitative estimate of drug-likeness (QED) is 0.838. The van der Waals surface area contributed by atoms with Gasteiger partial charge in [0.15, 0.2) is 0 Å². The Balaban J connectivity index is 2.15. The molecule has 2 rings (SSSR count). The SMILES string of the molecule is N#Cc1ccc(S(=O)(=O)Nc2ccc(SC(F)F)cc2)s1. The predicted octanol–water partition coefficient (Wildman–Crippen LogP) is 3.74. The molecule has 0 saturated carbocycles. The molecule has 0 unspecified atom stereocenters. The van der Waals surface area contributed by atoms with Gasteiger partial charge < -0.3 is 0 Å². The molecule has 0 amide bonds. The molecule has 0 fully saturated rings. The molecule has 0 bridgehead atoms. The molecule has 21 heavy (non-hydrogen) atoms. The molecule has 0 atom stereocenters. The summed E-state index contributed by atoms with van der Waals surface area (Å²) in [7, 11) is -3.78. The molecule has 0 aliphatic heterocycles. The van der Waals surface area contributed by atoms with Gasteiger partial charge >= 0.3 is 0 Å². The number of alkyl halides is 2. The number of nitriles is 1. The summed E-state index contributed by atoms with van der Waals surface area (Å²) in [6, 6.07) is 10.2. The number of hydrogen-bond donors (Lipinski definition) is 1. The topological polar surface area (TPSA) is 70.0 Å². The molecule has 0 aliphatic carbocycles. The molecular weight excluding hydrogens is 338 g/mol. The third-order valence-corrected chi connectivity index (χ3v) is 5.87. The molecule has 0 saturated heterocycles. The molecule has 9 heteroatoms. The Hall–Kier alpha value is -1.63. The van der Waals surface area contributed by atoms with E-state index in [1.165, 1.54) is 36.4 Å². The van der Waals surface area contributed by atoms with Crippen LogP contribution in [0.15, 0.2) is 45.5 Å². The number of anilines is 1. The smallest absolute Gasteiger partial charge is 0.279 e. The Labute approximate surface area is 128 Å². The van der Waals surface area contributed by atoms with Crippen LogP contribution in [0.4, 0.5) is 14.5 Å². The molecule has 110 valence electrons. The standard InChI is InChI=1S/C12H8F2N2O2S3/c13-12(14)20-9-3-1-8(2-4-9)16-21(17,18)11-6-5-10(7-15)19-11/h1-6,12,16H. The largest absolute Gasteiger partial charge is 0.288 e. The zero-order valence-electron chi connectivity index (χ0n) is 10.3. The van der Waals surface area contributed by atoms with Gasteiger partial charge in [-0.05, 0) is 36.4 Å². The highest BCUT2D eigenvalue weighted by Gasteiger charge is 2.17. The van der Waals surface area contributed by atoms with Crippen LogP contribution in [0.25, 0.3) is 0 Å². The van der Waals surface area contributed by atoms with E-state index in [2.05, 4.69) is 4.72 Å². The maximum atomic E-state index is 12.2. The number of rotatable bonds is 5. The van der Waals surface area contributed by atoms with Crippen LogP contribution in [-0.4, -0.2) is 14.2 Å². The molecule has 0 radical (unpaired) electrons. The van der Waals surface area contributed by atoms with Crippen LogP contribution in [0, 0.1) is 11.3 Å². The molecule has 4 nitrogen and oxygen atoms in total. The zero-order chi connectivity index (χ0) is 15.5. The fraction of sp³-hybridized carbons (Fsp3) is 0.0833. The highest BCUT2D eigenvalue weighted by molar-refractivity contribution is 7.99. The Kier molecular flexibility index (Phi) is 4.82. The molecule has 0 aliphatic rings. The summed E-state index contributed by atoms with van der Waals surface area (Å²) in [5, 5.41) is 8.69. The molecule has 1 N–H and O–H groups in total. The van der Waals surface area contributed by atoms with Crippen molar-refractivity contribution in [1.29, 1.82) is 5.26 Å². The van der Waals surface area contributed by atoms with Gasteiger partial charge in [0, 0.05) is 10.6 Å². The Morgan fingerprint density at radius 1 is 1.19 bits per heavy atom. The van der Waals surface area contributed by atoms with Crippen LogP contribution in [-0.2, 0) is 10.0 Å². The van der Waals surface area contributed by atoms with Crippen molar-refractivity contribution in [1.82, 2.24) is 0 Å². The highest BCUT2D eigenvalue weighted by atomic mass is 32.2. The lowest BCUT2D eigenvalue weighted by Gasteiger charge is -2.07. The van der Waals surface area contributed by atoms with Crippen molar-refractivity contribution in [3.8, 4) is 6.07 Å². The van der Waals surface area contributed by atoms with E-state index >= 15 is 0 Å². The summed E-state index contributed by atoms with van der Waals surface area (Å²) in [5.74, 6) is -2.52. The van der Waals surface area contributed by atoms with Crippen LogP contribution in [0.1, 0.15) is 4.88 Å². The van der Waals surface area contributed by atoms with Crippen molar-refractivity contribution < 1.29 is 17.2 Å². The van der Waals surface area contributed by atoms with Crippen molar-refractivity contribution >= 4 is 38.8 Å². The van der Waals surface area contributed by atoms with E-state index in [0.717, 1.165) is 11.3 Å². The minimum Gasteiger partial charge on any atom is -0.279 e. The Morgan fingerprint density at radius 2 is 1.86 bits per heavy atom. The number of benzene rings is 1. The van der Waals surface area contributed by atoms with E-state index in [9.17, 15) is 17.2 Å². The molecule has 2 aromatic rings. The van der Waals surface area contributed by atoms with Crippen LogP contribution >= 0.6 is 23.1 Å². The summed E-state index contributed by atoms with van der Waals surface area (Å²) in [6.07, 6.45) is 0. The average molecular weight is 346 g/mol. The second-order valence-electron chi connectivity index (χ2n) is 3.74. The number of nitrogens with zero attached hydrogens (tertiary/aromatic N) is 1. The number of sulfonamides is 1. The van der Waals surface area contributed by atoms with E-state index in [1.54, 1.807) is 0 Å². The summed E-state index contributed by atoms with van der Waals surface area (Å²) in [5.41, 5.74) is 0.264. The summed E-state index contributed by atoms with van der Waals surface area (Å²) >= 11 is 1.24. The van der Waals surface area contributed by atoms with E-state index in [1.807, 2.05) is 6.07 Å². The van der Waals surface area contributed by atoms with Crippen LogP contribution in [0.2, 0.25) is 0 Å². The molecule has 1 heterocycles. The van der Waals surface area contributed by atoms with Crippen molar-refractivity contribution in [2.75, 3.05) is 4.72 Å². The third-order valence-electron chi connectivity index (χ3n) is 2.29. The number of hydrogen-bond acceptors (Lipinski definition) is 5. The first-order valence-corrected chi connectivity index (χ1v) is 8.66. The minimum absolute atomic E-state index is 0.0186. The molecule has 1 aromatic heterocycles. The highest BCUT2D eigenvalue weighted by Crippen LogP contribution is 2.28.